The van der Waals surface area contributed by atoms with Gasteiger partial charge in [-0.3, -0.25) is 4.79 Å². The molecule has 1 heterocycles. The highest BCUT2D eigenvalue weighted by Gasteiger charge is 2.17. The fourth-order valence-corrected chi connectivity index (χ4v) is 1.96. The molecule has 90 valence electrons. The zero-order valence-corrected chi connectivity index (χ0v) is 9.79. The standard InChI is InChI=1S/C13H15NO3/c1-2-17-13(16)10-8-14-11-7-5-3-4-6-9(11)12(10)15/h3-4,8H,2,5-7H2,1H3,(H,14,15). The minimum Gasteiger partial charge on any atom is -0.462 e. The maximum absolute atomic E-state index is 12.1. The Labute approximate surface area is 99.3 Å². The van der Waals surface area contributed by atoms with Crippen molar-refractivity contribution in [3.8, 4) is 0 Å². The van der Waals surface area contributed by atoms with E-state index < -0.39 is 5.97 Å². The topological polar surface area (TPSA) is 59.2 Å². The van der Waals surface area contributed by atoms with Crippen LogP contribution in [0.2, 0.25) is 0 Å². The summed E-state index contributed by atoms with van der Waals surface area (Å²) in [5, 5.41) is 0. The van der Waals surface area contributed by atoms with Crippen LogP contribution in [0.3, 0.4) is 0 Å². The molecule has 1 aromatic heterocycles. The molecule has 0 unspecified atom stereocenters. The summed E-state index contributed by atoms with van der Waals surface area (Å²) >= 11 is 0. The molecule has 1 N–H and O–H groups in total. The van der Waals surface area contributed by atoms with Gasteiger partial charge in [0.05, 0.1) is 6.61 Å². The molecular weight excluding hydrogens is 218 g/mol. The molecule has 1 aliphatic rings. The van der Waals surface area contributed by atoms with E-state index in [1.807, 2.05) is 6.08 Å². The summed E-state index contributed by atoms with van der Waals surface area (Å²) in [6, 6.07) is 0. The molecule has 1 aliphatic carbocycles. The van der Waals surface area contributed by atoms with Gasteiger partial charge >= 0.3 is 5.97 Å². The van der Waals surface area contributed by atoms with Crippen LogP contribution in [0.4, 0.5) is 0 Å². The molecule has 4 nitrogen and oxygen atoms in total. The van der Waals surface area contributed by atoms with E-state index in [0.29, 0.717) is 12.0 Å². The second-order valence-corrected chi connectivity index (χ2v) is 3.92. The van der Waals surface area contributed by atoms with Crippen LogP contribution in [0.1, 0.15) is 35.0 Å². The van der Waals surface area contributed by atoms with Crippen LogP contribution in [0.15, 0.2) is 23.1 Å². The van der Waals surface area contributed by atoms with Crippen LogP contribution >= 0.6 is 0 Å². The highest BCUT2D eigenvalue weighted by Crippen LogP contribution is 2.12. The number of H-pyrrole nitrogens is 1. The Morgan fingerprint density at radius 3 is 3.06 bits per heavy atom. The summed E-state index contributed by atoms with van der Waals surface area (Å²) in [7, 11) is 0. The van der Waals surface area contributed by atoms with Crippen molar-refractivity contribution in [1.82, 2.24) is 4.98 Å². The van der Waals surface area contributed by atoms with Gasteiger partial charge in [-0.15, -0.1) is 0 Å². The monoisotopic (exact) mass is 233 g/mol. The van der Waals surface area contributed by atoms with Crippen LogP contribution in [-0.4, -0.2) is 17.6 Å². The molecule has 0 spiro atoms. The van der Waals surface area contributed by atoms with Crippen molar-refractivity contribution in [2.45, 2.75) is 26.2 Å². The van der Waals surface area contributed by atoms with Gasteiger partial charge in [0, 0.05) is 17.5 Å². The molecular formula is C13H15NO3. The van der Waals surface area contributed by atoms with Gasteiger partial charge in [-0.2, -0.15) is 0 Å². The van der Waals surface area contributed by atoms with E-state index in [-0.39, 0.29) is 17.6 Å². The first-order chi connectivity index (χ1) is 8.24. The van der Waals surface area contributed by atoms with E-state index >= 15 is 0 Å². The average molecular weight is 233 g/mol. The fraction of sp³-hybridized carbons (Fsp3) is 0.385. The number of aromatic nitrogens is 1. The summed E-state index contributed by atoms with van der Waals surface area (Å²) in [5.74, 6) is -0.551. The normalized spacial score (nSPS) is 13.9. The first kappa shape index (κ1) is 11.6. The molecule has 0 fully saturated rings. The number of nitrogens with one attached hydrogen (secondary N) is 1. The van der Waals surface area contributed by atoms with Crippen molar-refractivity contribution in [3.63, 3.8) is 0 Å². The third-order valence-corrected chi connectivity index (χ3v) is 2.82. The summed E-state index contributed by atoms with van der Waals surface area (Å²) < 4.78 is 4.85. The molecule has 0 saturated carbocycles. The predicted molar refractivity (Wildman–Crippen MR) is 64.2 cm³/mol. The lowest BCUT2D eigenvalue weighted by molar-refractivity contribution is 0.0524. The zero-order chi connectivity index (χ0) is 12.3. The van der Waals surface area contributed by atoms with Crippen LogP contribution in [0.5, 0.6) is 0 Å². The largest absolute Gasteiger partial charge is 0.462 e. The van der Waals surface area contributed by atoms with Gasteiger partial charge in [0.25, 0.3) is 0 Å². The lowest BCUT2D eigenvalue weighted by Gasteiger charge is -2.07. The van der Waals surface area contributed by atoms with Crippen LogP contribution in [-0.2, 0) is 17.6 Å². The lowest BCUT2D eigenvalue weighted by atomic mass is 10.1. The van der Waals surface area contributed by atoms with Gasteiger partial charge in [0.2, 0.25) is 0 Å². The molecule has 0 aromatic carbocycles. The van der Waals surface area contributed by atoms with Crippen LogP contribution in [0, 0.1) is 0 Å². The maximum Gasteiger partial charge on any atom is 0.343 e. The second-order valence-electron chi connectivity index (χ2n) is 3.92. The Kier molecular flexibility index (Phi) is 3.42. The number of hydrogen-bond donors (Lipinski definition) is 1. The van der Waals surface area contributed by atoms with Crippen LogP contribution < -0.4 is 5.43 Å². The number of fused-ring (bicyclic) bond motifs is 1. The number of allylic oxidation sites excluding steroid dienone is 2. The van der Waals surface area contributed by atoms with Crippen molar-refractivity contribution in [2.75, 3.05) is 6.61 Å². The SMILES string of the molecule is CCOC(=O)c1c[nH]c2c(c1=O)CC=CCC2. The molecule has 0 bridgehead atoms. The van der Waals surface area contributed by atoms with E-state index in [1.165, 1.54) is 6.20 Å². The molecule has 2 rings (SSSR count). The predicted octanol–water partition coefficient (Wildman–Crippen LogP) is 1.60. The number of esters is 1. The Bertz CT molecular complexity index is 514. The minimum absolute atomic E-state index is 0.0981. The van der Waals surface area contributed by atoms with Crippen molar-refractivity contribution in [3.05, 3.63) is 45.4 Å². The molecule has 17 heavy (non-hydrogen) atoms. The van der Waals surface area contributed by atoms with Crippen molar-refractivity contribution >= 4 is 5.97 Å². The van der Waals surface area contributed by atoms with E-state index in [1.54, 1.807) is 6.92 Å². The van der Waals surface area contributed by atoms with Gasteiger partial charge in [-0.05, 0) is 26.2 Å². The lowest BCUT2D eigenvalue weighted by Crippen LogP contribution is -2.23. The molecule has 0 aliphatic heterocycles. The van der Waals surface area contributed by atoms with Gasteiger partial charge in [-0.25, -0.2) is 4.79 Å². The van der Waals surface area contributed by atoms with E-state index in [0.717, 1.165) is 18.5 Å². The third kappa shape index (κ3) is 2.30. The Morgan fingerprint density at radius 2 is 2.29 bits per heavy atom. The number of carbonyl (C=O) groups excluding carboxylic acids is 1. The summed E-state index contributed by atoms with van der Waals surface area (Å²) in [4.78, 5) is 26.7. The summed E-state index contributed by atoms with van der Waals surface area (Å²) in [6.07, 6.45) is 7.79. The van der Waals surface area contributed by atoms with E-state index in [2.05, 4.69) is 11.1 Å². The minimum atomic E-state index is -0.551. The Hall–Kier alpha value is -1.84. The Morgan fingerprint density at radius 1 is 1.47 bits per heavy atom. The van der Waals surface area contributed by atoms with Gasteiger partial charge in [0.1, 0.15) is 5.56 Å². The number of ether oxygens (including phenoxy) is 1. The molecule has 0 radical (unpaired) electrons. The second kappa shape index (κ2) is 4.99. The number of rotatable bonds is 2. The molecule has 0 amide bonds. The smallest absolute Gasteiger partial charge is 0.343 e. The molecule has 1 aromatic rings. The van der Waals surface area contributed by atoms with Crippen LogP contribution in [0.25, 0.3) is 0 Å². The number of aryl methyl sites for hydroxylation is 1. The third-order valence-electron chi connectivity index (χ3n) is 2.82. The summed E-state index contributed by atoms with van der Waals surface area (Å²) in [6.45, 7) is 1.99. The highest BCUT2D eigenvalue weighted by molar-refractivity contribution is 5.89. The number of carbonyl (C=O) groups is 1. The van der Waals surface area contributed by atoms with Crippen molar-refractivity contribution in [2.24, 2.45) is 0 Å². The molecule has 0 atom stereocenters. The van der Waals surface area contributed by atoms with Crippen molar-refractivity contribution < 1.29 is 9.53 Å². The highest BCUT2D eigenvalue weighted by atomic mass is 16.5. The number of hydrogen-bond acceptors (Lipinski definition) is 3. The van der Waals surface area contributed by atoms with Gasteiger partial charge < -0.3 is 9.72 Å². The average Bonchev–Trinajstić information content (AvgIpc) is 2.55. The first-order valence-corrected chi connectivity index (χ1v) is 5.79. The number of pyridine rings is 1. The molecule has 0 saturated heterocycles. The van der Waals surface area contributed by atoms with E-state index in [4.69, 9.17) is 4.74 Å². The molecule has 4 heteroatoms. The maximum atomic E-state index is 12.1. The van der Waals surface area contributed by atoms with Crippen molar-refractivity contribution in [1.29, 1.82) is 0 Å². The fourth-order valence-electron chi connectivity index (χ4n) is 1.96. The summed E-state index contributed by atoms with van der Waals surface area (Å²) in [5.41, 5.74) is 1.50. The number of aromatic amines is 1. The van der Waals surface area contributed by atoms with Gasteiger partial charge in [0.15, 0.2) is 5.43 Å². The quantitative estimate of drug-likeness (QED) is 0.623. The zero-order valence-electron chi connectivity index (χ0n) is 9.79. The first-order valence-electron chi connectivity index (χ1n) is 5.79. The Balaban J connectivity index is 2.44. The van der Waals surface area contributed by atoms with E-state index in [9.17, 15) is 9.59 Å². The van der Waals surface area contributed by atoms with Gasteiger partial charge in [-0.1, -0.05) is 12.2 Å².